The maximum absolute atomic E-state index is 5.91. The predicted octanol–water partition coefficient (Wildman–Crippen LogP) is 2.93. The number of fused-ring (bicyclic) bond motifs is 1. The van der Waals surface area contributed by atoms with Gasteiger partial charge >= 0.3 is 0 Å². The topological polar surface area (TPSA) is 68.4 Å². The van der Waals surface area contributed by atoms with Gasteiger partial charge in [0.25, 0.3) is 0 Å². The van der Waals surface area contributed by atoms with E-state index >= 15 is 0 Å². The lowest BCUT2D eigenvalue weighted by Gasteiger charge is -2.34. The van der Waals surface area contributed by atoms with E-state index < -0.39 is 0 Å². The zero-order valence-electron chi connectivity index (χ0n) is 16.1. The molecule has 2 aliphatic heterocycles. The van der Waals surface area contributed by atoms with Crippen molar-refractivity contribution in [2.45, 2.75) is 44.1 Å². The maximum atomic E-state index is 5.91. The van der Waals surface area contributed by atoms with Crippen molar-refractivity contribution in [3.63, 3.8) is 0 Å². The summed E-state index contributed by atoms with van der Waals surface area (Å²) in [5.41, 5.74) is 2.71. The fourth-order valence-corrected chi connectivity index (χ4v) is 4.34. The molecule has 28 heavy (non-hydrogen) atoms. The average molecular weight is 378 g/mol. The molecule has 3 aromatic heterocycles. The summed E-state index contributed by atoms with van der Waals surface area (Å²) in [6, 6.07) is 7.93. The van der Waals surface area contributed by atoms with Crippen molar-refractivity contribution in [1.29, 1.82) is 0 Å². The van der Waals surface area contributed by atoms with Crippen molar-refractivity contribution in [2.24, 2.45) is 0 Å². The molecule has 2 saturated heterocycles. The van der Waals surface area contributed by atoms with Gasteiger partial charge in [0.15, 0.2) is 11.5 Å². The first kappa shape index (κ1) is 17.7. The van der Waals surface area contributed by atoms with Gasteiger partial charge in [-0.05, 0) is 69.5 Å². The highest BCUT2D eigenvalue weighted by atomic mass is 16.5. The normalized spacial score (nSPS) is 21.9. The predicted molar refractivity (Wildman–Crippen MR) is 106 cm³/mol. The van der Waals surface area contributed by atoms with Crippen LogP contribution in [0.1, 0.15) is 43.8 Å². The molecule has 2 aliphatic rings. The number of rotatable bonds is 4. The monoisotopic (exact) mass is 378 g/mol. The number of piperidine rings is 1. The molecule has 146 valence electrons. The highest BCUT2D eigenvalue weighted by Gasteiger charge is 2.27. The lowest BCUT2D eigenvalue weighted by atomic mass is 9.95. The molecule has 7 heteroatoms. The Morgan fingerprint density at radius 3 is 2.75 bits per heavy atom. The first-order chi connectivity index (χ1) is 13.9. The van der Waals surface area contributed by atoms with E-state index in [1.807, 2.05) is 35.0 Å². The van der Waals surface area contributed by atoms with Crippen molar-refractivity contribution in [3.05, 3.63) is 42.5 Å². The maximum Gasteiger partial charge on any atom is 0.177 e. The Bertz CT molecular complexity index is 913. The van der Waals surface area contributed by atoms with Crippen molar-refractivity contribution < 1.29 is 4.74 Å². The number of hydrogen-bond donors (Lipinski definition) is 0. The van der Waals surface area contributed by atoms with Crippen LogP contribution in [0.5, 0.6) is 0 Å². The Kier molecular flexibility index (Phi) is 5.01. The van der Waals surface area contributed by atoms with Crippen LogP contribution in [0, 0.1) is 0 Å². The number of pyridine rings is 1. The van der Waals surface area contributed by atoms with E-state index in [0.29, 0.717) is 12.0 Å². The van der Waals surface area contributed by atoms with Gasteiger partial charge in [-0.2, -0.15) is 9.61 Å². The van der Waals surface area contributed by atoms with Crippen LogP contribution < -0.4 is 0 Å². The standard InChI is InChI=1S/C21H26N6O/c1-2-13-28-18(5-1)15-26-11-8-16(9-12-26)21-24-23-20-7-6-19(25-27(20)21)17-4-3-10-22-14-17/h3-4,6-7,10,14,16,18H,1-2,5,8-9,11-13,15H2. The van der Waals surface area contributed by atoms with Crippen LogP contribution in [0.2, 0.25) is 0 Å². The van der Waals surface area contributed by atoms with Gasteiger partial charge < -0.3 is 9.64 Å². The van der Waals surface area contributed by atoms with Crippen LogP contribution in [-0.4, -0.2) is 62.0 Å². The van der Waals surface area contributed by atoms with Crippen LogP contribution in [0.4, 0.5) is 0 Å². The summed E-state index contributed by atoms with van der Waals surface area (Å²) in [5.74, 6) is 1.38. The SMILES string of the molecule is c1cncc(-c2ccc3nnc(C4CCN(CC5CCCCO5)CC4)n3n2)c1. The lowest BCUT2D eigenvalue weighted by molar-refractivity contribution is -0.00965. The Morgan fingerprint density at radius 2 is 1.96 bits per heavy atom. The highest BCUT2D eigenvalue weighted by molar-refractivity contribution is 5.58. The molecule has 0 aliphatic carbocycles. The molecule has 0 spiro atoms. The van der Waals surface area contributed by atoms with E-state index in [4.69, 9.17) is 9.84 Å². The third-order valence-corrected chi connectivity index (χ3v) is 5.93. The molecule has 1 atom stereocenters. The Hall–Kier alpha value is -2.38. The van der Waals surface area contributed by atoms with Gasteiger partial charge in [0.05, 0.1) is 11.8 Å². The van der Waals surface area contributed by atoms with Crippen LogP contribution in [0.3, 0.4) is 0 Å². The quantitative estimate of drug-likeness (QED) is 0.695. The van der Waals surface area contributed by atoms with E-state index in [1.165, 1.54) is 19.3 Å². The molecule has 0 bridgehead atoms. The second-order valence-corrected chi connectivity index (χ2v) is 7.85. The number of hydrogen-bond acceptors (Lipinski definition) is 6. The van der Waals surface area contributed by atoms with E-state index in [0.717, 1.165) is 61.8 Å². The molecule has 2 fully saturated rings. The summed E-state index contributed by atoms with van der Waals surface area (Å²) in [7, 11) is 0. The molecule has 0 aromatic carbocycles. The van der Waals surface area contributed by atoms with Crippen LogP contribution >= 0.6 is 0 Å². The minimum absolute atomic E-state index is 0.398. The van der Waals surface area contributed by atoms with Gasteiger partial charge in [-0.25, -0.2) is 0 Å². The summed E-state index contributed by atoms with van der Waals surface area (Å²) in [6.07, 6.45) is 9.93. The zero-order valence-corrected chi connectivity index (χ0v) is 16.1. The summed E-state index contributed by atoms with van der Waals surface area (Å²) in [4.78, 5) is 6.75. The average Bonchev–Trinajstić information content (AvgIpc) is 3.19. The number of nitrogens with zero attached hydrogens (tertiary/aromatic N) is 6. The first-order valence-electron chi connectivity index (χ1n) is 10.3. The molecular formula is C21H26N6O. The molecular weight excluding hydrogens is 352 g/mol. The molecule has 0 amide bonds. The molecule has 0 N–H and O–H groups in total. The zero-order chi connectivity index (χ0) is 18.8. The van der Waals surface area contributed by atoms with Gasteiger partial charge in [0, 0.05) is 37.0 Å². The molecule has 1 unspecified atom stereocenters. The minimum Gasteiger partial charge on any atom is -0.377 e. The molecule has 0 saturated carbocycles. The van der Waals surface area contributed by atoms with Crippen molar-refractivity contribution >= 4 is 5.65 Å². The number of aromatic nitrogens is 5. The lowest BCUT2D eigenvalue weighted by Crippen LogP contribution is -2.40. The molecule has 5 heterocycles. The van der Waals surface area contributed by atoms with E-state index in [1.54, 1.807) is 6.20 Å². The molecule has 7 nitrogen and oxygen atoms in total. The smallest absolute Gasteiger partial charge is 0.177 e. The number of ether oxygens (including phenoxy) is 1. The van der Waals surface area contributed by atoms with Gasteiger partial charge in [-0.1, -0.05) is 0 Å². The highest BCUT2D eigenvalue weighted by Crippen LogP contribution is 2.28. The van der Waals surface area contributed by atoms with Gasteiger partial charge in [-0.3, -0.25) is 4.98 Å². The Morgan fingerprint density at radius 1 is 1.04 bits per heavy atom. The van der Waals surface area contributed by atoms with Gasteiger partial charge in [0.1, 0.15) is 0 Å². The molecule has 5 rings (SSSR count). The third-order valence-electron chi connectivity index (χ3n) is 5.93. The van der Waals surface area contributed by atoms with Gasteiger partial charge in [-0.15, -0.1) is 10.2 Å². The van der Waals surface area contributed by atoms with Crippen molar-refractivity contribution in [3.8, 4) is 11.3 Å². The fraction of sp³-hybridized carbons (Fsp3) is 0.524. The summed E-state index contributed by atoms with van der Waals surface area (Å²) >= 11 is 0. The summed E-state index contributed by atoms with van der Waals surface area (Å²) in [5, 5.41) is 13.6. The second-order valence-electron chi connectivity index (χ2n) is 7.85. The van der Waals surface area contributed by atoms with Crippen LogP contribution in [-0.2, 0) is 4.74 Å². The van der Waals surface area contributed by atoms with Crippen molar-refractivity contribution in [2.75, 3.05) is 26.2 Å². The third kappa shape index (κ3) is 3.64. The number of likely N-dealkylation sites (tertiary alicyclic amines) is 1. The van der Waals surface area contributed by atoms with E-state index in [-0.39, 0.29) is 0 Å². The summed E-state index contributed by atoms with van der Waals surface area (Å²) in [6.45, 7) is 4.16. The second kappa shape index (κ2) is 7.93. The molecule has 3 aromatic rings. The Balaban J connectivity index is 1.30. The van der Waals surface area contributed by atoms with Gasteiger partial charge in [0.2, 0.25) is 0 Å². The largest absolute Gasteiger partial charge is 0.377 e. The summed E-state index contributed by atoms with van der Waals surface area (Å²) < 4.78 is 7.83. The van der Waals surface area contributed by atoms with Crippen LogP contribution in [0.15, 0.2) is 36.7 Å². The fourth-order valence-electron chi connectivity index (χ4n) is 4.34. The van der Waals surface area contributed by atoms with Crippen molar-refractivity contribution in [1.82, 2.24) is 29.7 Å². The first-order valence-corrected chi connectivity index (χ1v) is 10.3. The molecule has 0 radical (unpaired) electrons. The minimum atomic E-state index is 0.398. The Labute approximate surface area is 164 Å². The van der Waals surface area contributed by atoms with Crippen LogP contribution in [0.25, 0.3) is 16.9 Å². The van der Waals surface area contributed by atoms with E-state index in [9.17, 15) is 0 Å². The van der Waals surface area contributed by atoms with E-state index in [2.05, 4.69) is 20.1 Å².